The highest BCUT2D eigenvalue weighted by Crippen LogP contribution is 2.31. The first-order valence-corrected chi connectivity index (χ1v) is 10.9. The minimum Gasteiger partial charge on any atom is -0.370 e. The number of nitrogens with zero attached hydrogens (tertiary/aromatic N) is 2. The molecule has 3 heterocycles. The first-order chi connectivity index (χ1) is 13.6. The number of thiophene rings is 1. The van der Waals surface area contributed by atoms with Gasteiger partial charge in [-0.3, -0.25) is 9.59 Å². The quantitative estimate of drug-likeness (QED) is 0.667. The number of para-hydroxylation sites is 2. The van der Waals surface area contributed by atoms with E-state index in [0.717, 1.165) is 47.9 Å². The molecule has 0 radical (unpaired) electrons. The van der Waals surface area contributed by atoms with Crippen LogP contribution in [0.1, 0.15) is 23.3 Å². The van der Waals surface area contributed by atoms with Gasteiger partial charge in [0.05, 0.1) is 11.4 Å². The predicted molar refractivity (Wildman–Crippen MR) is 114 cm³/mol. The molecule has 1 aliphatic heterocycles. The van der Waals surface area contributed by atoms with E-state index in [4.69, 9.17) is 5.73 Å². The van der Waals surface area contributed by atoms with Gasteiger partial charge in [-0.05, 0) is 36.4 Å². The van der Waals surface area contributed by atoms with Crippen molar-refractivity contribution in [1.29, 1.82) is 0 Å². The van der Waals surface area contributed by atoms with Crippen LogP contribution in [0.25, 0.3) is 10.6 Å². The number of nitrogens with one attached hydrogen (secondary N) is 1. The van der Waals surface area contributed by atoms with E-state index in [1.165, 1.54) is 11.3 Å². The number of primary amides is 1. The van der Waals surface area contributed by atoms with Crippen molar-refractivity contribution in [3.63, 3.8) is 0 Å². The van der Waals surface area contributed by atoms with Crippen LogP contribution >= 0.6 is 22.7 Å². The number of piperidine rings is 1. The Bertz CT molecular complexity index is 976. The second-order valence-corrected chi connectivity index (χ2v) is 8.32. The fraction of sp³-hybridized carbons (Fsp3) is 0.250. The molecule has 1 saturated heterocycles. The average Bonchev–Trinajstić information content (AvgIpc) is 3.40. The summed E-state index contributed by atoms with van der Waals surface area (Å²) in [6.07, 6.45) is 1.46. The van der Waals surface area contributed by atoms with E-state index >= 15 is 0 Å². The lowest BCUT2D eigenvalue weighted by Crippen LogP contribution is -2.38. The molecular formula is C20H20N4O2S2. The number of hydrogen-bond acceptors (Lipinski definition) is 6. The molecule has 2 amide bonds. The third kappa shape index (κ3) is 3.93. The van der Waals surface area contributed by atoms with Gasteiger partial charge in [-0.25, -0.2) is 4.98 Å². The smallest absolute Gasteiger partial charge is 0.275 e. The third-order valence-corrected chi connectivity index (χ3v) is 6.47. The average molecular weight is 413 g/mol. The van der Waals surface area contributed by atoms with Gasteiger partial charge < -0.3 is 16.0 Å². The van der Waals surface area contributed by atoms with Gasteiger partial charge in [0.25, 0.3) is 5.91 Å². The molecule has 0 atom stereocenters. The summed E-state index contributed by atoms with van der Waals surface area (Å²) in [6, 6.07) is 9.71. The maximum absolute atomic E-state index is 12.7. The molecule has 144 valence electrons. The van der Waals surface area contributed by atoms with Crippen LogP contribution in [0.4, 0.5) is 11.4 Å². The summed E-state index contributed by atoms with van der Waals surface area (Å²) in [5.41, 5.74) is 8.57. The van der Waals surface area contributed by atoms with Crippen LogP contribution in [0, 0.1) is 5.92 Å². The molecular weight excluding hydrogens is 392 g/mol. The predicted octanol–water partition coefficient (Wildman–Crippen LogP) is 3.83. The van der Waals surface area contributed by atoms with Crippen molar-refractivity contribution in [2.45, 2.75) is 12.8 Å². The Morgan fingerprint density at radius 3 is 2.64 bits per heavy atom. The normalized spacial score (nSPS) is 14.8. The second kappa shape index (κ2) is 8.12. The van der Waals surface area contributed by atoms with Gasteiger partial charge in [0.1, 0.15) is 10.7 Å². The van der Waals surface area contributed by atoms with Crippen LogP contribution in [-0.2, 0) is 4.79 Å². The Morgan fingerprint density at radius 1 is 1.14 bits per heavy atom. The van der Waals surface area contributed by atoms with Crippen molar-refractivity contribution < 1.29 is 9.59 Å². The van der Waals surface area contributed by atoms with Gasteiger partial charge in [-0.1, -0.05) is 12.1 Å². The van der Waals surface area contributed by atoms with Crippen molar-refractivity contribution in [3.05, 3.63) is 52.2 Å². The highest BCUT2D eigenvalue weighted by Gasteiger charge is 2.25. The molecule has 4 rings (SSSR count). The number of nitrogens with two attached hydrogens (primary N) is 1. The molecule has 2 aromatic heterocycles. The molecule has 0 bridgehead atoms. The zero-order valence-corrected chi connectivity index (χ0v) is 16.8. The largest absolute Gasteiger partial charge is 0.370 e. The van der Waals surface area contributed by atoms with Crippen LogP contribution in [-0.4, -0.2) is 29.9 Å². The minimum atomic E-state index is -0.230. The summed E-state index contributed by atoms with van der Waals surface area (Å²) in [4.78, 5) is 30.8. The molecule has 0 aliphatic carbocycles. The highest BCUT2D eigenvalue weighted by molar-refractivity contribution is 7.14. The zero-order valence-electron chi connectivity index (χ0n) is 15.1. The standard InChI is InChI=1S/C20H20N4O2S2/c21-18(25)13-5-8-24(9-6-13)17-4-2-1-3-15(17)22-19(26)16-12-28-20(23-16)14-7-10-27-11-14/h1-4,7,10-13H,5-6,8-9H2,(H2,21,25)(H,22,26). The fourth-order valence-corrected chi connectivity index (χ4v) is 4.86. The first kappa shape index (κ1) is 18.6. The van der Waals surface area contributed by atoms with E-state index in [9.17, 15) is 9.59 Å². The number of rotatable bonds is 5. The van der Waals surface area contributed by atoms with Crippen molar-refractivity contribution in [2.75, 3.05) is 23.3 Å². The highest BCUT2D eigenvalue weighted by atomic mass is 32.1. The molecule has 3 aromatic rings. The number of carbonyl (C=O) groups is 2. The van der Waals surface area contributed by atoms with Crippen LogP contribution in [0.5, 0.6) is 0 Å². The lowest BCUT2D eigenvalue weighted by Gasteiger charge is -2.33. The van der Waals surface area contributed by atoms with Crippen LogP contribution in [0.15, 0.2) is 46.5 Å². The summed E-state index contributed by atoms with van der Waals surface area (Å²) in [6.45, 7) is 1.47. The number of aromatic nitrogens is 1. The SMILES string of the molecule is NC(=O)C1CCN(c2ccccc2NC(=O)c2csc(-c3ccsc3)n2)CC1. The molecule has 3 N–H and O–H groups in total. The Hall–Kier alpha value is -2.71. The topological polar surface area (TPSA) is 88.3 Å². The van der Waals surface area contributed by atoms with Crippen molar-refractivity contribution in [1.82, 2.24) is 4.98 Å². The van der Waals surface area contributed by atoms with Gasteiger partial charge in [0.15, 0.2) is 0 Å². The van der Waals surface area contributed by atoms with Crippen LogP contribution in [0.3, 0.4) is 0 Å². The molecule has 6 nitrogen and oxygen atoms in total. The third-order valence-electron chi connectivity index (χ3n) is 4.90. The summed E-state index contributed by atoms with van der Waals surface area (Å²) in [7, 11) is 0. The summed E-state index contributed by atoms with van der Waals surface area (Å²) >= 11 is 3.07. The monoisotopic (exact) mass is 412 g/mol. The lowest BCUT2D eigenvalue weighted by atomic mass is 9.96. The van der Waals surface area contributed by atoms with Gasteiger partial charge in [0.2, 0.25) is 5.91 Å². The van der Waals surface area contributed by atoms with Gasteiger partial charge >= 0.3 is 0 Å². The Kier molecular flexibility index (Phi) is 5.40. The van der Waals surface area contributed by atoms with Gasteiger partial charge in [-0.15, -0.1) is 11.3 Å². The second-order valence-electron chi connectivity index (χ2n) is 6.68. The van der Waals surface area contributed by atoms with Crippen molar-refractivity contribution in [2.24, 2.45) is 11.7 Å². The number of anilines is 2. The van der Waals surface area contributed by atoms with Crippen molar-refractivity contribution in [3.8, 4) is 10.6 Å². The summed E-state index contributed by atoms with van der Waals surface area (Å²) < 4.78 is 0. The molecule has 28 heavy (non-hydrogen) atoms. The first-order valence-electron chi connectivity index (χ1n) is 9.04. The van der Waals surface area contributed by atoms with Gasteiger partial charge in [-0.2, -0.15) is 11.3 Å². The molecule has 1 fully saturated rings. The van der Waals surface area contributed by atoms with Crippen molar-refractivity contribution >= 4 is 45.9 Å². The Morgan fingerprint density at radius 2 is 1.93 bits per heavy atom. The number of amides is 2. The fourth-order valence-electron chi connectivity index (χ4n) is 3.34. The van der Waals surface area contributed by atoms with Crippen LogP contribution in [0.2, 0.25) is 0 Å². The van der Waals surface area contributed by atoms with E-state index in [0.29, 0.717) is 5.69 Å². The lowest BCUT2D eigenvalue weighted by molar-refractivity contribution is -0.122. The molecule has 1 aliphatic rings. The molecule has 0 unspecified atom stereocenters. The zero-order chi connectivity index (χ0) is 19.5. The number of carbonyl (C=O) groups excluding carboxylic acids is 2. The minimum absolute atomic E-state index is 0.0662. The Labute approximate surface area is 171 Å². The van der Waals surface area contributed by atoms with Crippen LogP contribution < -0.4 is 16.0 Å². The maximum atomic E-state index is 12.7. The van der Waals surface area contributed by atoms with Gasteiger partial charge in [0, 0.05) is 35.3 Å². The summed E-state index contributed by atoms with van der Waals surface area (Å²) in [5.74, 6) is -0.521. The van der Waals surface area contributed by atoms with E-state index in [1.807, 2.05) is 41.1 Å². The molecule has 8 heteroatoms. The summed E-state index contributed by atoms with van der Waals surface area (Å²) in [5, 5.41) is 9.63. The maximum Gasteiger partial charge on any atom is 0.275 e. The van der Waals surface area contributed by atoms with E-state index < -0.39 is 0 Å². The molecule has 1 aromatic carbocycles. The van der Waals surface area contributed by atoms with E-state index in [1.54, 1.807) is 16.7 Å². The molecule has 0 saturated carbocycles. The van der Waals surface area contributed by atoms with E-state index in [2.05, 4.69) is 15.2 Å². The number of benzene rings is 1. The number of thiazole rings is 1. The van der Waals surface area contributed by atoms with E-state index in [-0.39, 0.29) is 17.7 Å². The number of hydrogen-bond donors (Lipinski definition) is 2. The molecule has 0 spiro atoms. The Balaban J connectivity index is 1.48.